The first-order valence-electron chi connectivity index (χ1n) is 11.3. The van der Waals surface area contributed by atoms with Crippen LogP contribution in [0.3, 0.4) is 0 Å². The third-order valence-corrected chi connectivity index (χ3v) is 8.59. The van der Waals surface area contributed by atoms with Crippen molar-refractivity contribution in [3.05, 3.63) is 52.9 Å². The summed E-state index contributed by atoms with van der Waals surface area (Å²) in [5.74, 6) is -0.234. The van der Waals surface area contributed by atoms with Crippen LogP contribution in [-0.4, -0.2) is 49.8 Å². The molecule has 2 aliphatic heterocycles. The first-order valence-corrected chi connectivity index (χ1v) is 13.1. The van der Waals surface area contributed by atoms with Gasteiger partial charge in [0.15, 0.2) is 0 Å². The molecule has 0 unspecified atom stereocenters. The largest absolute Gasteiger partial charge is 0.355 e. The Morgan fingerprint density at radius 2 is 1.85 bits per heavy atom. The third-order valence-electron chi connectivity index (χ3n) is 6.32. The average molecular weight is 495 g/mol. The Kier molecular flexibility index (Phi) is 7.51. The molecule has 4 rings (SSSR count). The second-order valence-electron chi connectivity index (χ2n) is 8.50. The fourth-order valence-electron chi connectivity index (χ4n) is 4.41. The zero-order valence-electron chi connectivity index (χ0n) is 18.3. The van der Waals surface area contributed by atoms with E-state index in [1.807, 2.05) is 4.90 Å². The number of aromatic nitrogens is 1. The van der Waals surface area contributed by atoms with Gasteiger partial charge >= 0.3 is 0 Å². The minimum Gasteiger partial charge on any atom is -0.355 e. The van der Waals surface area contributed by atoms with Gasteiger partial charge in [-0.05, 0) is 55.5 Å². The van der Waals surface area contributed by atoms with Crippen molar-refractivity contribution in [3.8, 4) is 0 Å². The number of carbonyl (C=O) groups is 1. The van der Waals surface area contributed by atoms with E-state index in [4.69, 9.17) is 11.6 Å². The maximum Gasteiger partial charge on any atom is 0.246 e. The molecular weight excluding hydrogens is 467 g/mol. The summed E-state index contributed by atoms with van der Waals surface area (Å²) in [6.07, 6.45) is 5.58. The molecule has 0 atom stereocenters. The summed E-state index contributed by atoms with van der Waals surface area (Å²) in [6.45, 7) is 2.38. The van der Waals surface area contributed by atoms with Crippen molar-refractivity contribution < 1.29 is 17.6 Å². The molecule has 3 heterocycles. The van der Waals surface area contributed by atoms with Gasteiger partial charge in [0.2, 0.25) is 15.9 Å². The van der Waals surface area contributed by atoms with Gasteiger partial charge in [-0.3, -0.25) is 4.79 Å². The van der Waals surface area contributed by atoms with Crippen LogP contribution in [0.5, 0.6) is 0 Å². The third kappa shape index (κ3) is 5.47. The molecule has 1 aromatic heterocycles. The SMILES string of the molecule is O=C(NCc1ccc(F)cc1Cl)C1CCN(c2ncccc2S(=O)(=O)N2CCCCC2)CC1. The minimum absolute atomic E-state index is 0.0859. The average Bonchev–Trinajstić information content (AvgIpc) is 2.84. The van der Waals surface area contributed by atoms with Crippen molar-refractivity contribution >= 4 is 33.3 Å². The Balaban J connectivity index is 1.38. The van der Waals surface area contributed by atoms with Crippen LogP contribution in [0.1, 0.15) is 37.7 Å². The summed E-state index contributed by atoms with van der Waals surface area (Å²) >= 11 is 6.04. The van der Waals surface area contributed by atoms with E-state index in [1.165, 1.54) is 12.1 Å². The number of benzene rings is 1. The Labute approximate surface area is 199 Å². The predicted octanol–water partition coefficient (Wildman–Crippen LogP) is 3.58. The van der Waals surface area contributed by atoms with E-state index in [0.717, 1.165) is 19.3 Å². The van der Waals surface area contributed by atoms with Crippen molar-refractivity contribution in [2.75, 3.05) is 31.1 Å². The standard InChI is InChI=1S/C23H28ClFN4O3S/c24-20-15-19(25)7-6-18(20)16-27-23(30)17-8-13-28(14-9-17)22-21(5-4-10-26-22)33(31,32)29-11-2-1-3-12-29/h4-7,10,15,17H,1-3,8-9,11-14,16H2,(H,27,30). The van der Waals surface area contributed by atoms with Gasteiger partial charge in [0.25, 0.3) is 0 Å². The summed E-state index contributed by atoms with van der Waals surface area (Å²) in [4.78, 5) is 19.3. The molecule has 2 fully saturated rings. The zero-order valence-corrected chi connectivity index (χ0v) is 19.9. The number of sulfonamides is 1. The predicted molar refractivity (Wildman–Crippen MR) is 125 cm³/mol. The maximum atomic E-state index is 13.3. The van der Waals surface area contributed by atoms with Crippen molar-refractivity contribution in [2.24, 2.45) is 5.92 Å². The maximum absolute atomic E-state index is 13.3. The van der Waals surface area contributed by atoms with Crippen LogP contribution in [0.4, 0.5) is 10.2 Å². The van der Waals surface area contributed by atoms with Gasteiger partial charge in [0.05, 0.1) is 0 Å². The number of nitrogens with one attached hydrogen (secondary N) is 1. The van der Waals surface area contributed by atoms with Crippen LogP contribution >= 0.6 is 11.6 Å². The molecule has 1 aromatic carbocycles. The lowest BCUT2D eigenvalue weighted by Crippen LogP contribution is -2.42. The van der Waals surface area contributed by atoms with Crippen LogP contribution in [0, 0.1) is 11.7 Å². The van der Waals surface area contributed by atoms with Gasteiger partial charge in [-0.25, -0.2) is 17.8 Å². The molecule has 33 heavy (non-hydrogen) atoms. The number of piperidine rings is 2. The van der Waals surface area contributed by atoms with E-state index in [2.05, 4.69) is 10.3 Å². The highest BCUT2D eigenvalue weighted by Crippen LogP contribution is 2.30. The lowest BCUT2D eigenvalue weighted by Gasteiger charge is -2.34. The first-order chi connectivity index (χ1) is 15.9. The van der Waals surface area contributed by atoms with Crippen molar-refractivity contribution in [1.82, 2.24) is 14.6 Å². The van der Waals surface area contributed by atoms with Crippen molar-refractivity contribution in [3.63, 3.8) is 0 Å². The van der Waals surface area contributed by atoms with Gasteiger partial charge in [0, 0.05) is 49.9 Å². The van der Waals surface area contributed by atoms with Gasteiger partial charge in [-0.1, -0.05) is 24.1 Å². The van der Waals surface area contributed by atoms with Crippen LogP contribution in [0.2, 0.25) is 5.02 Å². The van der Waals surface area contributed by atoms with E-state index >= 15 is 0 Å². The smallest absolute Gasteiger partial charge is 0.246 e. The van der Waals surface area contributed by atoms with Gasteiger partial charge in [-0.2, -0.15) is 4.31 Å². The van der Waals surface area contributed by atoms with Crippen LogP contribution < -0.4 is 10.2 Å². The normalized spacial score (nSPS) is 18.3. The van der Waals surface area contributed by atoms with Gasteiger partial charge in [-0.15, -0.1) is 0 Å². The molecule has 7 nitrogen and oxygen atoms in total. The Bertz CT molecular complexity index is 1100. The summed E-state index contributed by atoms with van der Waals surface area (Å²) < 4.78 is 41.3. The summed E-state index contributed by atoms with van der Waals surface area (Å²) in [7, 11) is -3.61. The van der Waals surface area contributed by atoms with Gasteiger partial charge in [0.1, 0.15) is 16.5 Å². The number of nitrogens with zero attached hydrogens (tertiary/aromatic N) is 3. The summed E-state index contributed by atoms with van der Waals surface area (Å²) in [6, 6.07) is 7.38. The Hall–Kier alpha value is -2.23. The highest BCUT2D eigenvalue weighted by molar-refractivity contribution is 7.89. The van der Waals surface area contributed by atoms with E-state index in [0.29, 0.717) is 50.4 Å². The van der Waals surface area contributed by atoms with Crippen molar-refractivity contribution in [2.45, 2.75) is 43.5 Å². The molecule has 1 amide bonds. The highest BCUT2D eigenvalue weighted by atomic mass is 35.5. The number of amides is 1. The van der Waals surface area contributed by atoms with Crippen LogP contribution in [0.25, 0.3) is 0 Å². The van der Waals surface area contributed by atoms with Gasteiger partial charge < -0.3 is 10.2 Å². The molecule has 178 valence electrons. The minimum atomic E-state index is -3.61. The molecule has 2 aliphatic rings. The number of rotatable bonds is 6. The zero-order chi connectivity index (χ0) is 23.4. The quantitative estimate of drug-likeness (QED) is 0.663. The molecule has 0 spiro atoms. The van der Waals surface area contributed by atoms with Crippen molar-refractivity contribution in [1.29, 1.82) is 0 Å². The molecule has 2 aromatic rings. The Morgan fingerprint density at radius 3 is 2.55 bits per heavy atom. The monoisotopic (exact) mass is 494 g/mol. The number of hydrogen-bond donors (Lipinski definition) is 1. The fraction of sp³-hybridized carbons (Fsp3) is 0.478. The first kappa shape index (κ1) is 23.9. The molecule has 1 N–H and O–H groups in total. The molecule has 0 bridgehead atoms. The van der Waals surface area contributed by atoms with Crippen LogP contribution in [-0.2, 0) is 21.4 Å². The number of anilines is 1. The topological polar surface area (TPSA) is 82.6 Å². The lowest BCUT2D eigenvalue weighted by atomic mass is 9.96. The molecule has 0 radical (unpaired) electrons. The molecular formula is C23H28ClFN4O3S. The van der Waals surface area contributed by atoms with E-state index in [-0.39, 0.29) is 28.3 Å². The molecule has 2 saturated heterocycles. The second kappa shape index (κ2) is 10.4. The van der Waals surface area contributed by atoms with E-state index in [9.17, 15) is 17.6 Å². The molecule has 0 saturated carbocycles. The summed E-state index contributed by atoms with van der Waals surface area (Å²) in [5, 5.41) is 3.16. The highest BCUT2D eigenvalue weighted by Gasteiger charge is 2.32. The summed E-state index contributed by atoms with van der Waals surface area (Å²) in [5.41, 5.74) is 0.657. The molecule has 0 aliphatic carbocycles. The number of pyridine rings is 1. The molecule has 10 heteroatoms. The Morgan fingerprint density at radius 1 is 1.12 bits per heavy atom. The number of halogens is 2. The number of carbonyl (C=O) groups excluding carboxylic acids is 1. The fourth-order valence-corrected chi connectivity index (χ4v) is 6.32. The second-order valence-corrected chi connectivity index (χ2v) is 10.8. The number of hydrogen-bond acceptors (Lipinski definition) is 5. The van der Waals surface area contributed by atoms with Crippen LogP contribution in [0.15, 0.2) is 41.4 Å². The van der Waals surface area contributed by atoms with E-state index in [1.54, 1.807) is 28.7 Å². The van der Waals surface area contributed by atoms with E-state index < -0.39 is 15.8 Å². The lowest BCUT2D eigenvalue weighted by molar-refractivity contribution is -0.125.